The van der Waals surface area contributed by atoms with Crippen molar-refractivity contribution in [1.29, 1.82) is 0 Å². The minimum absolute atomic E-state index is 0.310. The number of nitrogens with zero attached hydrogens (tertiary/aromatic N) is 3. The third-order valence-electron chi connectivity index (χ3n) is 4.48. The van der Waals surface area contributed by atoms with Crippen LogP contribution in [0.2, 0.25) is 0 Å². The SMILES string of the molecule is CC(C)Nc1cc(N2Cc3ccccc3C[C@@H]2C)nc(C(C)C)n1. The lowest BCUT2D eigenvalue weighted by molar-refractivity contribution is 0.583. The fraction of sp³-hybridized carbons (Fsp3) is 0.500. The Morgan fingerprint density at radius 3 is 2.46 bits per heavy atom. The lowest BCUT2D eigenvalue weighted by atomic mass is 9.95. The Labute approximate surface area is 145 Å². The highest BCUT2D eigenvalue weighted by atomic mass is 15.2. The second-order valence-electron chi connectivity index (χ2n) is 7.37. The van der Waals surface area contributed by atoms with Crippen molar-refractivity contribution in [1.82, 2.24) is 9.97 Å². The number of rotatable bonds is 4. The van der Waals surface area contributed by atoms with Crippen LogP contribution in [0.25, 0.3) is 0 Å². The molecule has 3 rings (SSSR count). The molecule has 0 amide bonds. The Morgan fingerprint density at radius 2 is 1.79 bits per heavy atom. The quantitative estimate of drug-likeness (QED) is 0.906. The molecule has 1 aliphatic heterocycles. The predicted octanol–water partition coefficient (Wildman–Crippen LogP) is 4.37. The minimum Gasteiger partial charge on any atom is -0.368 e. The third kappa shape index (κ3) is 3.53. The molecule has 2 aromatic rings. The summed E-state index contributed by atoms with van der Waals surface area (Å²) in [4.78, 5) is 12.0. The molecule has 1 aliphatic rings. The second kappa shape index (κ2) is 6.80. The number of fused-ring (bicyclic) bond motifs is 1. The Kier molecular flexibility index (Phi) is 4.74. The molecule has 0 unspecified atom stereocenters. The van der Waals surface area contributed by atoms with Gasteiger partial charge in [-0.05, 0) is 38.3 Å². The smallest absolute Gasteiger partial charge is 0.135 e. The van der Waals surface area contributed by atoms with Crippen molar-refractivity contribution in [3.63, 3.8) is 0 Å². The topological polar surface area (TPSA) is 41.0 Å². The van der Waals surface area contributed by atoms with E-state index in [-0.39, 0.29) is 0 Å². The van der Waals surface area contributed by atoms with Crippen LogP contribution in [-0.4, -0.2) is 22.1 Å². The maximum absolute atomic E-state index is 4.86. The van der Waals surface area contributed by atoms with Crippen molar-refractivity contribution in [2.45, 2.75) is 65.6 Å². The highest BCUT2D eigenvalue weighted by Gasteiger charge is 2.25. The van der Waals surface area contributed by atoms with Crippen molar-refractivity contribution >= 4 is 11.6 Å². The van der Waals surface area contributed by atoms with E-state index in [0.29, 0.717) is 18.0 Å². The summed E-state index contributed by atoms with van der Waals surface area (Å²) in [6.45, 7) is 11.8. The molecule has 1 N–H and O–H groups in total. The third-order valence-corrected chi connectivity index (χ3v) is 4.48. The van der Waals surface area contributed by atoms with E-state index in [2.05, 4.69) is 80.2 Å². The van der Waals surface area contributed by atoms with Crippen LogP contribution in [0.4, 0.5) is 11.6 Å². The molecular weight excluding hydrogens is 296 g/mol. The fourth-order valence-electron chi connectivity index (χ4n) is 3.21. The van der Waals surface area contributed by atoms with Gasteiger partial charge in [0.25, 0.3) is 0 Å². The molecule has 4 heteroatoms. The van der Waals surface area contributed by atoms with Crippen LogP contribution < -0.4 is 10.2 Å². The van der Waals surface area contributed by atoms with Gasteiger partial charge in [-0.1, -0.05) is 38.1 Å². The molecule has 128 valence electrons. The largest absolute Gasteiger partial charge is 0.368 e. The van der Waals surface area contributed by atoms with E-state index in [0.717, 1.165) is 30.4 Å². The lowest BCUT2D eigenvalue weighted by Gasteiger charge is -2.36. The van der Waals surface area contributed by atoms with E-state index in [1.54, 1.807) is 0 Å². The van der Waals surface area contributed by atoms with Crippen molar-refractivity contribution in [3.05, 3.63) is 47.3 Å². The standard InChI is InChI=1S/C20H28N4/c1-13(2)20-22-18(21-14(3)4)11-19(23-20)24-12-17-9-7-6-8-16(17)10-15(24)5/h6-9,11,13-15H,10,12H2,1-5H3,(H,21,22,23)/t15-/m0/s1. The van der Waals surface area contributed by atoms with Gasteiger partial charge in [-0.25, -0.2) is 9.97 Å². The summed E-state index contributed by atoms with van der Waals surface area (Å²) >= 11 is 0. The van der Waals surface area contributed by atoms with Crippen molar-refractivity contribution in [2.75, 3.05) is 10.2 Å². The summed E-state index contributed by atoms with van der Waals surface area (Å²) in [7, 11) is 0. The molecule has 4 nitrogen and oxygen atoms in total. The van der Waals surface area contributed by atoms with Crippen LogP contribution >= 0.6 is 0 Å². The van der Waals surface area contributed by atoms with Gasteiger partial charge in [-0.3, -0.25) is 0 Å². The molecule has 1 aromatic heterocycles. The molecular formula is C20H28N4. The van der Waals surface area contributed by atoms with E-state index < -0.39 is 0 Å². The zero-order chi connectivity index (χ0) is 17.3. The fourth-order valence-corrected chi connectivity index (χ4v) is 3.21. The first-order chi connectivity index (χ1) is 11.4. The normalized spacial score (nSPS) is 17.3. The number of nitrogens with one attached hydrogen (secondary N) is 1. The maximum atomic E-state index is 4.86. The van der Waals surface area contributed by atoms with Crippen LogP contribution in [0.3, 0.4) is 0 Å². The number of hydrogen-bond acceptors (Lipinski definition) is 4. The molecule has 1 aromatic carbocycles. The van der Waals surface area contributed by atoms with E-state index in [1.165, 1.54) is 11.1 Å². The molecule has 2 heterocycles. The van der Waals surface area contributed by atoms with Crippen LogP contribution in [0.1, 0.15) is 57.5 Å². The first-order valence-corrected chi connectivity index (χ1v) is 8.93. The summed E-state index contributed by atoms with van der Waals surface area (Å²) in [5.74, 6) is 3.16. The number of anilines is 2. The summed E-state index contributed by atoms with van der Waals surface area (Å²) in [6.07, 6.45) is 1.06. The van der Waals surface area contributed by atoms with Gasteiger partial charge in [-0.15, -0.1) is 0 Å². The molecule has 24 heavy (non-hydrogen) atoms. The molecule has 0 saturated heterocycles. The Morgan fingerprint density at radius 1 is 1.08 bits per heavy atom. The number of aromatic nitrogens is 2. The molecule has 1 atom stereocenters. The summed E-state index contributed by atoms with van der Waals surface area (Å²) in [5.41, 5.74) is 2.86. The lowest BCUT2D eigenvalue weighted by Crippen LogP contribution is -2.39. The molecule has 0 bridgehead atoms. The van der Waals surface area contributed by atoms with Gasteiger partial charge in [0.1, 0.15) is 17.5 Å². The highest BCUT2D eigenvalue weighted by Crippen LogP contribution is 2.29. The monoisotopic (exact) mass is 324 g/mol. The number of benzene rings is 1. The molecule has 0 aliphatic carbocycles. The van der Waals surface area contributed by atoms with Crippen molar-refractivity contribution in [3.8, 4) is 0 Å². The molecule has 0 radical (unpaired) electrons. The Bertz CT molecular complexity index is 709. The number of hydrogen-bond donors (Lipinski definition) is 1. The van der Waals surface area contributed by atoms with Crippen molar-refractivity contribution in [2.24, 2.45) is 0 Å². The van der Waals surface area contributed by atoms with E-state index in [9.17, 15) is 0 Å². The Balaban J connectivity index is 1.97. The highest BCUT2D eigenvalue weighted by molar-refractivity contribution is 5.53. The zero-order valence-corrected chi connectivity index (χ0v) is 15.4. The average Bonchev–Trinajstić information content (AvgIpc) is 2.53. The van der Waals surface area contributed by atoms with Crippen LogP contribution in [0.15, 0.2) is 30.3 Å². The molecule has 0 spiro atoms. The molecule has 0 fully saturated rings. The van der Waals surface area contributed by atoms with Crippen LogP contribution in [0, 0.1) is 0 Å². The summed E-state index contributed by atoms with van der Waals surface area (Å²) in [5, 5.41) is 3.44. The van der Waals surface area contributed by atoms with Gasteiger partial charge in [-0.2, -0.15) is 0 Å². The first kappa shape index (κ1) is 16.7. The summed E-state index contributed by atoms with van der Waals surface area (Å²) < 4.78 is 0. The van der Waals surface area contributed by atoms with Gasteiger partial charge < -0.3 is 10.2 Å². The van der Waals surface area contributed by atoms with Gasteiger partial charge in [0.2, 0.25) is 0 Å². The van der Waals surface area contributed by atoms with E-state index >= 15 is 0 Å². The zero-order valence-electron chi connectivity index (χ0n) is 15.4. The Hall–Kier alpha value is -2.10. The summed E-state index contributed by atoms with van der Waals surface area (Å²) in [6, 6.07) is 11.6. The maximum Gasteiger partial charge on any atom is 0.135 e. The van der Waals surface area contributed by atoms with Crippen LogP contribution in [0.5, 0.6) is 0 Å². The second-order valence-corrected chi connectivity index (χ2v) is 7.37. The van der Waals surface area contributed by atoms with E-state index in [1.807, 2.05) is 0 Å². The van der Waals surface area contributed by atoms with Gasteiger partial charge in [0.15, 0.2) is 0 Å². The minimum atomic E-state index is 0.310. The van der Waals surface area contributed by atoms with Gasteiger partial charge >= 0.3 is 0 Å². The van der Waals surface area contributed by atoms with E-state index in [4.69, 9.17) is 4.98 Å². The predicted molar refractivity (Wildman–Crippen MR) is 101 cm³/mol. The molecule has 0 saturated carbocycles. The van der Waals surface area contributed by atoms with Crippen molar-refractivity contribution < 1.29 is 0 Å². The van der Waals surface area contributed by atoms with Crippen LogP contribution in [-0.2, 0) is 13.0 Å². The van der Waals surface area contributed by atoms with Gasteiger partial charge in [0.05, 0.1) is 0 Å². The van der Waals surface area contributed by atoms with Gasteiger partial charge in [0, 0.05) is 30.6 Å². The first-order valence-electron chi connectivity index (χ1n) is 8.93. The average molecular weight is 324 g/mol.